The van der Waals surface area contributed by atoms with Gasteiger partial charge in [0, 0.05) is 5.56 Å². The van der Waals surface area contributed by atoms with Gasteiger partial charge in [0.05, 0.1) is 17.7 Å². The van der Waals surface area contributed by atoms with Gasteiger partial charge < -0.3 is 10.1 Å². The van der Waals surface area contributed by atoms with Gasteiger partial charge in [-0.2, -0.15) is 8.78 Å². The number of alkyl halides is 2. The van der Waals surface area contributed by atoms with Crippen LogP contribution in [0.3, 0.4) is 0 Å². The molecule has 0 fully saturated rings. The predicted octanol–water partition coefficient (Wildman–Crippen LogP) is 2.94. The van der Waals surface area contributed by atoms with Crippen LogP contribution >= 0.6 is 0 Å². The van der Waals surface area contributed by atoms with Crippen LogP contribution in [0.5, 0.6) is 5.75 Å². The van der Waals surface area contributed by atoms with Crippen LogP contribution in [0.15, 0.2) is 53.4 Å². The summed E-state index contributed by atoms with van der Waals surface area (Å²) in [7, 11) is -3.39. The van der Waals surface area contributed by atoms with Gasteiger partial charge in [-0.15, -0.1) is 0 Å². The molecule has 0 atom stereocenters. The number of carbonyl (C=O) groups is 1. The Kier molecular flexibility index (Phi) is 4.95. The summed E-state index contributed by atoms with van der Waals surface area (Å²) in [6.07, 6.45) is 0. The summed E-state index contributed by atoms with van der Waals surface area (Å²) in [5, 5.41) is 2.33. The highest BCUT2D eigenvalue weighted by molar-refractivity contribution is 7.91. The van der Waals surface area contributed by atoms with E-state index in [4.69, 9.17) is 4.74 Å². The van der Waals surface area contributed by atoms with Gasteiger partial charge in [-0.05, 0) is 30.3 Å². The fourth-order valence-electron chi connectivity index (χ4n) is 1.87. The van der Waals surface area contributed by atoms with Crippen LogP contribution < -0.4 is 10.1 Å². The number of benzene rings is 2. The Morgan fingerprint density at radius 3 is 2.48 bits per heavy atom. The topological polar surface area (TPSA) is 72.5 Å². The number of halogens is 2. The second kappa shape index (κ2) is 6.74. The Balaban J connectivity index is 2.36. The number of amides is 1. The lowest BCUT2D eigenvalue weighted by Gasteiger charge is -2.11. The van der Waals surface area contributed by atoms with E-state index in [1.54, 1.807) is 12.1 Å². The molecule has 0 radical (unpaired) electrons. The van der Waals surface area contributed by atoms with E-state index < -0.39 is 26.4 Å². The lowest BCUT2D eigenvalue weighted by molar-refractivity contribution is 0.102. The van der Waals surface area contributed by atoms with Crippen molar-refractivity contribution >= 4 is 21.4 Å². The number of hydrogen-bond acceptors (Lipinski definition) is 4. The first-order valence-electron chi connectivity index (χ1n) is 6.42. The molecule has 0 saturated carbocycles. The molecule has 0 bridgehead atoms. The standard InChI is InChI=1S/C15H13F2NO4S/c1-22-11-6-4-5-10(9-11)14(19)18-12-7-2-3-8-13(12)23(20,21)15(16)17/h2-9,15H,1H3,(H,18,19). The van der Waals surface area contributed by atoms with Crippen molar-refractivity contribution in [2.45, 2.75) is 10.7 Å². The summed E-state index contributed by atoms with van der Waals surface area (Å²) >= 11 is 0. The van der Waals surface area contributed by atoms with Crippen LogP contribution in [0.25, 0.3) is 0 Å². The Morgan fingerprint density at radius 1 is 1.13 bits per heavy atom. The molecule has 8 heteroatoms. The van der Waals surface area contributed by atoms with Crippen molar-refractivity contribution in [3.8, 4) is 5.75 Å². The molecule has 122 valence electrons. The summed E-state index contributed by atoms with van der Waals surface area (Å²) in [6, 6.07) is 11.1. The largest absolute Gasteiger partial charge is 0.497 e. The van der Waals surface area contributed by atoms with Gasteiger partial charge in [0.2, 0.25) is 9.84 Å². The van der Waals surface area contributed by atoms with Crippen LogP contribution in [0.1, 0.15) is 10.4 Å². The maximum absolute atomic E-state index is 12.7. The van der Waals surface area contributed by atoms with Crippen molar-refractivity contribution in [2.24, 2.45) is 0 Å². The summed E-state index contributed by atoms with van der Waals surface area (Å²) in [5.41, 5.74) is -0.00535. The predicted molar refractivity (Wildman–Crippen MR) is 80.6 cm³/mol. The second-order valence-electron chi connectivity index (χ2n) is 4.49. The molecule has 0 unspecified atom stereocenters. The van der Waals surface area contributed by atoms with E-state index in [-0.39, 0.29) is 11.3 Å². The van der Waals surface area contributed by atoms with Crippen LogP contribution in [-0.2, 0) is 9.84 Å². The van der Waals surface area contributed by atoms with E-state index in [2.05, 4.69) is 5.32 Å². The molecule has 0 aliphatic carbocycles. The van der Waals surface area contributed by atoms with E-state index in [9.17, 15) is 22.0 Å². The number of carbonyl (C=O) groups excluding carboxylic acids is 1. The molecule has 0 saturated heterocycles. The maximum atomic E-state index is 12.7. The second-order valence-corrected chi connectivity index (χ2v) is 6.37. The first-order chi connectivity index (χ1) is 10.9. The summed E-state index contributed by atoms with van der Waals surface area (Å²) < 4.78 is 53.7. The average molecular weight is 341 g/mol. The van der Waals surface area contributed by atoms with Gasteiger partial charge >= 0.3 is 5.76 Å². The molecule has 0 aliphatic rings. The van der Waals surface area contributed by atoms with Gasteiger partial charge in [0.25, 0.3) is 5.91 Å². The average Bonchev–Trinajstić information content (AvgIpc) is 2.55. The normalized spacial score (nSPS) is 11.3. The van der Waals surface area contributed by atoms with Crippen molar-refractivity contribution < 1.29 is 26.7 Å². The Bertz CT molecular complexity index is 822. The molecule has 2 rings (SSSR count). The third kappa shape index (κ3) is 3.65. The Morgan fingerprint density at radius 2 is 1.83 bits per heavy atom. The first kappa shape index (κ1) is 16.9. The van der Waals surface area contributed by atoms with Crippen molar-refractivity contribution in [3.05, 3.63) is 54.1 Å². The molecular formula is C15H13F2NO4S. The molecule has 1 N–H and O–H groups in total. The minimum absolute atomic E-state index is 0.202. The number of sulfone groups is 1. The molecule has 2 aromatic rings. The summed E-state index contributed by atoms with van der Waals surface area (Å²) in [4.78, 5) is 11.5. The van der Waals surface area contributed by atoms with E-state index in [0.29, 0.717) is 5.75 Å². The smallest absolute Gasteiger partial charge is 0.341 e. The summed E-state index contributed by atoms with van der Waals surface area (Å²) in [5.74, 6) is -3.77. The number of para-hydroxylation sites is 1. The molecule has 5 nitrogen and oxygen atoms in total. The SMILES string of the molecule is COc1cccc(C(=O)Nc2ccccc2S(=O)(=O)C(F)F)c1. The zero-order valence-corrected chi connectivity index (χ0v) is 12.8. The minimum atomic E-state index is -4.82. The van der Waals surface area contributed by atoms with Crippen molar-refractivity contribution in [1.82, 2.24) is 0 Å². The van der Waals surface area contributed by atoms with Gasteiger partial charge in [-0.3, -0.25) is 4.79 Å². The highest BCUT2D eigenvalue weighted by Crippen LogP contribution is 2.26. The highest BCUT2D eigenvalue weighted by Gasteiger charge is 2.29. The lowest BCUT2D eigenvalue weighted by Crippen LogP contribution is -2.17. The van der Waals surface area contributed by atoms with Crippen LogP contribution in [-0.4, -0.2) is 27.2 Å². The molecular weight excluding hydrogens is 328 g/mol. The quantitative estimate of drug-likeness (QED) is 0.907. The zero-order valence-electron chi connectivity index (χ0n) is 12.0. The van der Waals surface area contributed by atoms with Gasteiger partial charge in [-0.1, -0.05) is 18.2 Å². The number of anilines is 1. The third-order valence-electron chi connectivity index (χ3n) is 3.01. The molecule has 0 heterocycles. The Hall–Kier alpha value is -2.48. The maximum Gasteiger partial charge on any atom is 0.341 e. The van der Waals surface area contributed by atoms with Crippen molar-refractivity contribution in [3.63, 3.8) is 0 Å². The Labute approximate surface area is 131 Å². The van der Waals surface area contributed by atoms with Crippen LogP contribution in [0.4, 0.5) is 14.5 Å². The van der Waals surface area contributed by atoms with E-state index >= 15 is 0 Å². The molecule has 0 aromatic heterocycles. The number of ether oxygens (including phenoxy) is 1. The summed E-state index contributed by atoms with van der Waals surface area (Å²) in [6.45, 7) is 0. The van der Waals surface area contributed by atoms with E-state index in [0.717, 1.165) is 6.07 Å². The van der Waals surface area contributed by atoms with Crippen LogP contribution in [0.2, 0.25) is 0 Å². The number of methoxy groups -OCH3 is 1. The van der Waals surface area contributed by atoms with E-state index in [1.165, 1.54) is 37.4 Å². The monoisotopic (exact) mass is 341 g/mol. The van der Waals surface area contributed by atoms with Gasteiger partial charge in [-0.25, -0.2) is 8.42 Å². The van der Waals surface area contributed by atoms with E-state index in [1.807, 2.05) is 0 Å². The molecule has 1 amide bonds. The van der Waals surface area contributed by atoms with Crippen LogP contribution in [0, 0.1) is 0 Å². The first-order valence-corrected chi connectivity index (χ1v) is 7.97. The molecule has 0 aliphatic heterocycles. The zero-order chi connectivity index (χ0) is 17.0. The number of nitrogens with one attached hydrogen (secondary N) is 1. The minimum Gasteiger partial charge on any atom is -0.497 e. The fraction of sp³-hybridized carbons (Fsp3) is 0.133. The third-order valence-corrected chi connectivity index (χ3v) is 4.45. The molecule has 0 spiro atoms. The van der Waals surface area contributed by atoms with Crippen molar-refractivity contribution in [2.75, 3.05) is 12.4 Å². The number of rotatable bonds is 5. The van der Waals surface area contributed by atoms with Crippen molar-refractivity contribution in [1.29, 1.82) is 0 Å². The molecule has 23 heavy (non-hydrogen) atoms. The fourth-order valence-corrected chi connectivity index (χ4v) is 2.76. The highest BCUT2D eigenvalue weighted by atomic mass is 32.2. The number of hydrogen-bond donors (Lipinski definition) is 1. The molecule has 2 aromatic carbocycles. The van der Waals surface area contributed by atoms with Gasteiger partial charge in [0.15, 0.2) is 0 Å². The van der Waals surface area contributed by atoms with Gasteiger partial charge in [0.1, 0.15) is 5.75 Å². The lowest BCUT2D eigenvalue weighted by atomic mass is 10.2.